The van der Waals surface area contributed by atoms with Crippen molar-refractivity contribution < 1.29 is 24.6 Å². The number of carboxylic acids is 1. The Balaban J connectivity index is 4.14. The molecule has 0 aliphatic carbocycles. The summed E-state index contributed by atoms with van der Waals surface area (Å²) in [5.41, 5.74) is 0. The van der Waals surface area contributed by atoms with E-state index < -0.39 is 24.0 Å². The highest BCUT2D eigenvalue weighted by Gasteiger charge is 2.25. The van der Waals surface area contributed by atoms with Crippen LogP contribution in [0.25, 0.3) is 0 Å². The first-order valence-electron chi connectivity index (χ1n) is 6.74. The minimum Gasteiger partial charge on any atom is -0.480 e. The van der Waals surface area contributed by atoms with E-state index in [4.69, 9.17) is 10.2 Å². The summed E-state index contributed by atoms with van der Waals surface area (Å²) in [5, 5.41) is 22.9. The second-order valence-electron chi connectivity index (χ2n) is 4.92. The molecule has 0 aromatic carbocycles. The number of hydrogen-bond acceptors (Lipinski definition) is 4. The minimum atomic E-state index is -1.08. The number of nitrogens with one attached hydrogen (secondary N) is 2. The van der Waals surface area contributed by atoms with Crippen molar-refractivity contribution in [3.63, 3.8) is 0 Å². The Bertz CT molecular complexity index is 344. The van der Waals surface area contributed by atoms with Gasteiger partial charge in [-0.3, -0.25) is 9.59 Å². The zero-order valence-corrected chi connectivity index (χ0v) is 12.2. The summed E-state index contributed by atoms with van der Waals surface area (Å²) >= 11 is 0. The van der Waals surface area contributed by atoms with Gasteiger partial charge in [-0.1, -0.05) is 20.3 Å². The third-order valence-corrected chi connectivity index (χ3v) is 2.97. The highest BCUT2D eigenvalue weighted by Crippen LogP contribution is 2.08. The van der Waals surface area contributed by atoms with Crippen molar-refractivity contribution in [3.8, 4) is 0 Å². The van der Waals surface area contributed by atoms with Crippen molar-refractivity contribution >= 4 is 17.8 Å². The molecule has 0 spiro atoms. The molecule has 0 aromatic rings. The molecule has 116 valence electrons. The molecule has 20 heavy (non-hydrogen) atoms. The Morgan fingerprint density at radius 2 is 1.65 bits per heavy atom. The van der Waals surface area contributed by atoms with Crippen molar-refractivity contribution in [1.82, 2.24) is 10.6 Å². The van der Waals surface area contributed by atoms with Crippen LogP contribution in [0.15, 0.2) is 0 Å². The Labute approximate surface area is 118 Å². The number of hydrogen-bond donors (Lipinski definition) is 4. The van der Waals surface area contributed by atoms with Gasteiger partial charge in [0.1, 0.15) is 6.04 Å². The number of rotatable bonds is 9. The van der Waals surface area contributed by atoms with Gasteiger partial charge in [0.15, 0.2) is 0 Å². The number of amides is 2. The number of carbonyl (C=O) groups is 3. The highest BCUT2D eigenvalue weighted by atomic mass is 16.4. The van der Waals surface area contributed by atoms with Gasteiger partial charge in [0.2, 0.25) is 11.8 Å². The maximum Gasteiger partial charge on any atom is 0.326 e. The largest absolute Gasteiger partial charge is 0.480 e. The fraction of sp³-hybridized carbons (Fsp3) is 0.769. The lowest BCUT2D eigenvalue weighted by molar-refractivity contribution is -0.143. The molecule has 0 aliphatic rings. The molecule has 7 nitrogen and oxygen atoms in total. The average Bonchev–Trinajstić information content (AvgIpc) is 2.38. The summed E-state index contributed by atoms with van der Waals surface area (Å²) in [4.78, 5) is 34.0. The molecule has 0 heterocycles. The third kappa shape index (κ3) is 7.73. The summed E-state index contributed by atoms with van der Waals surface area (Å²) in [5.74, 6) is -2.08. The molecular weight excluding hydrogens is 264 g/mol. The Kier molecular flexibility index (Phi) is 8.54. The van der Waals surface area contributed by atoms with E-state index in [1.165, 1.54) is 6.92 Å². The van der Waals surface area contributed by atoms with Crippen molar-refractivity contribution in [2.45, 2.75) is 52.2 Å². The summed E-state index contributed by atoms with van der Waals surface area (Å²) < 4.78 is 0. The van der Waals surface area contributed by atoms with Crippen molar-refractivity contribution in [2.24, 2.45) is 5.92 Å². The summed E-state index contributed by atoms with van der Waals surface area (Å²) in [6, 6.07) is -0.937. The van der Waals surface area contributed by atoms with E-state index in [0.29, 0.717) is 6.42 Å². The van der Waals surface area contributed by atoms with Gasteiger partial charge >= 0.3 is 5.97 Å². The van der Waals surface area contributed by atoms with Crippen LogP contribution in [0.2, 0.25) is 0 Å². The van der Waals surface area contributed by atoms with Crippen LogP contribution < -0.4 is 10.6 Å². The van der Waals surface area contributed by atoms with Crippen LogP contribution in [0.4, 0.5) is 0 Å². The summed E-state index contributed by atoms with van der Waals surface area (Å²) in [6.07, 6.45) is -0.127. The molecule has 3 unspecified atom stereocenters. The van der Waals surface area contributed by atoms with Gasteiger partial charge in [0.05, 0.1) is 6.10 Å². The lowest BCUT2D eigenvalue weighted by Crippen LogP contribution is -2.45. The Morgan fingerprint density at radius 1 is 1.10 bits per heavy atom. The SMILES string of the molecule is CCC(C)C(NC(=O)CCC(=O)NCC(C)O)C(=O)O. The van der Waals surface area contributed by atoms with E-state index >= 15 is 0 Å². The fourth-order valence-electron chi connectivity index (χ4n) is 1.51. The molecule has 0 aromatic heterocycles. The fourth-order valence-corrected chi connectivity index (χ4v) is 1.51. The monoisotopic (exact) mass is 288 g/mol. The molecule has 4 N–H and O–H groups in total. The molecule has 0 radical (unpaired) electrons. The van der Waals surface area contributed by atoms with Crippen LogP contribution in [-0.4, -0.2) is 46.7 Å². The zero-order chi connectivity index (χ0) is 15.7. The third-order valence-electron chi connectivity index (χ3n) is 2.97. The lowest BCUT2D eigenvalue weighted by Gasteiger charge is -2.20. The van der Waals surface area contributed by atoms with Crippen LogP contribution in [-0.2, 0) is 14.4 Å². The first-order chi connectivity index (χ1) is 9.27. The Morgan fingerprint density at radius 3 is 2.10 bits per heavy atom. The van der Waals surface area contributed by atoms with Crippen LogP contribution >= 0.6 is 0 Å². The van der Waals surface area contributed by atoms with Crippen molar-refractivity contribution in [1.29, 1.82) is 0 Å². The van der Waals surface area contributed by atoms with Crippen molar-refractivity contribution in [2.75, 3.05) is 6.54 Å². The van der Waals surface area contributed by atoms with Crippen LogP contribution in [0, 0.1) is 5.92 Å². The highest BCUT2D eigenvalue weighted by molar-refractivity contribution is 5.87. The van der Waals surface area contributed by atoms with E-state index in [1.807, 2.05) is 6.92 Å². The van der Waals surface area contributed by atoms with Gasteiger partial charge in [-0.05, 0) is 12.8 Å². The average molecular weight is 288 g/mol. The van der Waals surface area contributed by atoms with E-state index in [-0.39, 0.29) is 31.2 Å². The predicted octanol–water partition coefficient (Wildman–Crippen LogP) is -0.121. The van der Waals surface area contributed by atoms with Gasteiger partial charge in [0.25, 0.3) is 0 Å². The molecule has 3 atom stereocenters. The van der Waals surface area contributed by atoms with Crippen LogP contribution in [0.5, 0.6) is 0 Å². The van der Waals surface area contributed by atoms with E-state index in [2.05, 4.69) is 10.6 Å². The molecular formula is C13H24N2O5. The van der Waals surface area contributed by atoms with Gasteiger partial charge in [-0.25, -0.2) is 4.79 Å². The molecule has 0 bridgehead atoms. The molecule has 2 amide bonds. The van der Waals surface area contributed by atoms with Crippen LogP contribution in [0.1, 0.15) is 40.0 Å². The smallest absolute Gasteiger partial charge is 0.326 e. The maximum absolute atomic E-state index is 11.6. The quantitative estimate of drug-likeness (QED) is 0.472. The second kappa shape index (κ2) is 9.30. The van der Waals surface area contributed by atoms with Gasteiger partial charge in [0, 0.05) is 19.4 Å². The lowest BCUT2D eigenvalue weighted by atomic mass is 9.99. The second-order valence-corrected chi connectivity index (χ2v) is 4.92. The first-order valence-corrected chi connectivity index (χ1v) is 6.74. The number of aliphatic hydroxyl groups is 1. The van der Waals surface area contributed by atoms with Crippen molar-refractivity contribution in [3.05, 3.63) is 0 Å². The molecule has 0 rings (SSSR count). The standard InChI is InChI=1S/C13H24N2O5/c1-4-8(2)12(13(19)20)15-11(18)6-5-10(17)14-7-9(3)16/h8-9,12,16H,4-7H2,1-3H3,(H,14,17)(H,15,18)(H,19,20). The predicted molar refractivity (Wildman–Crippen MR) is 72.9 cm³/mol. The minimum absolute atomic E-state index is 0.0363. The Hall–Kier alpha value is -1.63. The van der Waals surface area contributed by atoms with Gasteiger partial charge < -0.3 is 20.8 Å². The summed E-state index contributed by atoms with van der Waals surface area (Å²) in [7, 11) is 0. The van der Waals surface area contributed by atoms with Gasteiger partial charge in [-0.2, -0.15) is 0 Å². The van der Waals surface area contributed by atoms with E-state index in [0.717, 1.165) is 0 Å². The normalized spacial score (nSPS) is 15.0. The molecule has 0 aliphatic heterocycles. The maximum atomic E-state index is 11.6. The van der Waals surface area contributed by atoms with E-state index in [1.54, 1.807) is 6.92 Å². The zero-order valence-electron chi connectivity index (χ0n) is 12.2. The summed E-state index contributed by atoms with van der Waals surface area (Å²) in [6.45, 7) is 5.26. The molecule has 7 heteroatoms. The van der Waals surface area contributed by atoms with E-state index in [9.17, 15) is 14.4 Å². The number of carboxylic acid groups (broad SMARTS) is 1. The molecule has 0 fully saturated rings. The van der Waals surface area contributed by atoms with Gasteiger partial charge in [-0.15, -0.1) is 0 Å². The molecule has 0 saturated carbocycles. The topological polar surface area (TPSA) is 116 Å². The number of aliphatic carboxylic acids is 1. The number of aliphatic hydroxyl groups excluding tert-OH is 1. The first kappa shape index (κ1) is 18.4. The molecule has 0 saturated heterocycles. The van der Waals surface area contributed by atoms with Crippen LogP contribution in [0.3, 0.4) is 0 Å². The number of carbonyl (C=O) groups excluding carboxylic acids is 2.